The second kappa shape index (κ2) is 13.2. The Labute approximate surface area is 256 Å². The van der Waals surface area contributed by atoms with Gasteiger partial charge in [-0.2, -0.15) is 5.10 Å². The number of amides is 2. The van der Waals surface area contributed by atoms with Crippen molar-refractivity contribution in [2.24, 2.45) is 5.10 Å². The lowest BCUT2D eigenvalue weighted by Crippen LogP contribution is -2.18. The highest BCUT2D eigenvalue weighted by Crippen LogP contribution is 2.33. The number of carbonyl (C=O) groups excluding carboxylic acids is 3. The van der Waals surface area contributed by atoms with Gasteiger partial charge in [-0.3, -0.25) is 9.59 Å². The van der Waals surface area contributed by atoms with Crippen LogP contribution in [0.5, 0.6) is 5.75 Å². The van der Waals surface area contributed by atoms with Gasteiger partial charge in [-0.25, -0.2) is 10.2 Å². The van der Waals surface area contributed by atoms with Crippen molar-refractivity contribution < 1.29 is 19.1 Å². The highest BCUT2D eigenvalue weighted by atomic mass is 79.9. The van der Waals surface area contributed by atoms with Crippen LogP contribution in [0.25, 0.3) is 0 Å². The molecule has 0 atom stereocenters. The SMILES string of the molecule is Cc1cccc(C(=O)Nc2cccc(C(=O)NN=Cc3cc(Br)cc(Br)c3OC(=O)c3ccc(Cl)cc3Cl)c2)c1. The molecule has 0 fully saturated rings. The zero-order chi connectivity index (χ0) is 28.8. The number of nitrogens with one attached hydrogen (secondary N) is 2. The molecule has 4 aromatic carbocycles. The minimum atomic E-state index is -0.701. The average molecular weight is 704 g/mol. The summed E-state index contributed by atoms with van der Waals surface area (Å²) in [6.07, 6.45) is 1.34. The van der Waals surface area contributed by atoms with E-state index in [4.69, 9.17) is 27.9 Å². The summed E-state index contributed by atoms with van der Waals surface area (Å²) in [5, 5.41) is 7.35. The molecule has 0 saturated heterocycles. The minimum Gasteiger partial charge on any atom is -0.421 e. The van der Waals surface area contributed by atoms with Gasteiger partial charge < -0.3 is 10.1 Å². The molecule has 0 aliphatic heterocycles. The van der Waals surface area contributed by atoms with Crippen LogP contribution in [-0.4, -0.2) is 24.0 Å². The van der Waals surface area contributed by atoms with Crippen molar-refractivity contribution in [2.75, 3.05) is 5.32 Å². The number of hydrogen-bond donors (Lipinski definition) is 2. The summed E-state index contributed by atoms with van der Waals surface area (Å²) < 4.78 is 6.74. The van der Waals surface area contributed by atoms with E-state index in [1.807, 2.05) is 13.0 Å². The van der Waals surface area contributed by atoms with Crippen LogP contribution in [0.3, 0.4) is 0 Å². The number of carbonyl (C=O) groups is 3. The molecular weight excluding hydrogens is 685 g/mol. The van der Waals surface area contributed by atoms with E-state index >= 15 is 0 Å². The van der Waals surface area contributed by atoms with E-state index in [1.165, 1.54) is 30.5 Å². The normalized spacial score (nSPS) is 10.8. The van der Waals surface area contributed by atoms with Crippen LogP contribution in [0.1, 0.15) is 42.2 Å². The zero-order valence-corrected chi connectivity index (χ0v) is 25.4. The molecule has 2 amide bonds. The zero-order valence-electron chi connectivity index (χ0n) is 20.7. The Bertz CT molecular complexity index is 1660. The third-order valence-electron chi connectivity index (χ3n) is 5.42. The molecule has 0 saturated carbocycles. The van der Waals surface area contributed by atoms with E-state index < -0.39 is 11.9 Å². The summed E-state index contributed by atoms with van der Waals surface area (Å²) in [5.74, 6) is -1.34. The standard InChI is InChI=1S/C29H19Br2Cl2N3O4/c1-16-4-2-5-17(10-16)27(37)35-22-7-3-6-18(12-22)28(38)36-34-15-19-11-20(30)13-24(31)26(19)40-29(39)23-9-8-21(32)14-25(23)33/h2-15H,1H3,(H,35,37)(H,36,38). The molecule has 0 aromatic heterocycles. The average Bonchev–Trinajstić information content (AvgIpc) is 2.90. The van der Waals surface area contributed by atoms with Crippen LogP contribution in [0.2, 0.25) is 10.0 Å². The highest BCUT2D eigenvalue weighted by molar-refractivity contribution is 9.11. The fraction of sp³-hybridized carbons (Fsp3) is 0.0345. The second-order valence-corrected chi connectivity index (χ2v) is 11.0. The molecule has 2 N–H and O–H groups in total. The van der Waals surface area contributed by atoms with Crippen LogP contribution in [-0.2, 0) is 0 Å². The lowest BCUT2D eigenvalue weighted by Gasteiger charge is -2.11. The second-order valence-electron chi connectivity index (χ2n) is 8.42. The lowest BCUT2D eigenvalue weighted by atomic mass is 10.1. The van der Waals surface area contributed by atoms with Crippen LogP contribution >= 0.6 is 55.1 Å². The maximum atomic E-state index is 12.8. The predicted octanol–water partition coefficient (Wildman–Crippen LogP) is 8.06. The summed E-state index contributed by atoms with van der Waals surface area (Å²) in [5.41, 5.74) is 5.16. The third-order valence-corrected chi connectivity index (χ3v) is 7.01. The van der Waals surface area contributed by atoms with Crippen molar-refractivity contribution in [3.8, 4) is 5.75 Å². The van der Waals surface area contributed by atoms with Crippen molar-refractivity contribution in [1.82, 2.24) is 5.43 Å². The first kappa shape index (κ1) is 29.5. The first-order valence-electron chi connectivity index (χ1n) is 11.6. The van der Waals surface area contributed by atoms with Gasteiger partial charge in [-0.1, -0.05) is 62.9 Å². The summed E-state index contributed by atoms with van der Waals surface area (Å²) in [4.78, 5) is 38.1. The van der Waals surface area contributed by atoms with Crippen molar-refractivity contribution in [3.05, 3.63) is 126 Å². The number of hydrazone groups is 1. The van der Waals surface area contributed by atoms with Gasteiger partial charge in [0, 0.05) is 31.9 Å². The molecule has 0 bridgehead atoms. The van der Waals surface area contributed by atoms with Crippen LogP contribution in [0.4, 0.5) is 5.69 Å². The molecule has 0 unspecified atom stereocenters. The van der Waals surface area contributed by atoms with Gasteiger partial charge in [-0.15, -0.1) is 0 Å². The van der Waals surface area contributed by atoms with Gasteiger partial charge in [0.1, 0.15) is 0 Å². The Hall–Kier alpha value is -3.50. The summed E-state index contributed by atoms with van der Waals surface area (Å²) in [6, 6.07) is 21.4. The molecule has 11 heteroatoms. The van der Waals surface area contributed by atoms with E-state index in [2.05, 4.69) is 47.7 Å². The maximum absolute atomic E-state index is 12.8. The summed E-state index contributed by atoms with van der Waals surface area (Å²) in [6.45, 7) is 1.90. The van der Waals surface area contributed by atoms with Gasteiger partial charge >= 0.3 is 5.97 Å². The number of esters is 1. The quantitative estimate of drug-likeness (QED) is 0.0881. The van der Waals surface area contributed by atoms with E-state index in [0.717, 1.165) is 5.56 Å². The Morgan fingerprint density at radius 2 is 1.60 bits per heavy atom. The van der Waals surface area contributed by atoms with Gasteiger partial charge in [0.15, 0.2) is 5.75 Å². The highest BCUT2D eigenvalue weighted by Gasteiger charge is 2.18. The van der Waals surface area contributed by atoms with Gasteiger partial charge in [0.2, 0.25) is 0 Å². The predicted molar refractivity (Wildman–Crippen MR) is 164 cm³/mol. The molecule has 0 aliphatic carbocycles. The molecule has 4 rings (SSSR count). The number of nitrogens with zero attached hydrogens (tertiary/aromatic N) is 1. The van der Waals surface area contributed by atoms with Crippen molar-refractivity contribution in [1.29, 1.82) is 0 Å². The molecule has 4 aromatic rings. The molecule has 0 aliphatic rings. The number of halogens is 4. The fourth-order valence-corrected chi connectivity index (χ4v) is 5.36. The van der Waals surface area contributed by atoms with Crippen LogP contribution in [0.15, 0.2) is 92.9 Å². The summed E-state index contributed by atoms with van der Waals surface area (Å²) >= 11 is 18.8. The Morgan fingerprint density at radius 1 is 0.875 bits per heavy atom. The van der Waals surface area contributed by atoms with Crippen molar-refractivity contribution in [2.45, 2.75) is 6.92 Å². The molecule has 7 nitrogen and oxygen atoms in total. The minimum absolute atomic E-state index is 0.131. The molecule has 0 spiro atoms. The number of hydrogen-bond acceptors (Lipinski definition) is 5. The Balaban J connectivity index is 1.47. The molecule has 40 heavy (non-hydrogen) atoms. The summed E-state index contributed by atoms with van der Waals surface area (Å²) in [7, 11) is 0. The first-order chi connectivity index (χ1) is 19.1. The number of anilines is 1. The Kier molecular flexibility index (Phi) is 9.76. The van der Waals surface area contributed by atoms with E-state index in [-0.39, 0.29) is 27.8 Å². The maximum Gasteiger partial charge on any atom is 0.345 e. The van der Waals surface area contributed by atoms with Gasteiger partial charge in [0.25, 0.3) is 11.8 Å². The monoisotopic (exact) mass is 701 g/mol. The Morgan fingerprint density at radius 3 is 2.33 bits per heavy atom. The number of rotatable bonds is 7. The lowest BCUT2D eigenvalue weighted by molar-refractivity contribution is 0.0732. The largest absolute Gasteiger partial charge is 0.421 e. The van der Waals surface area contributed by atoms with E-state index in [9.17, 15) is 14.4 Å². The molecule has 202 valence electrons. The van der Waals surface area contributed by atoms with E-state index in [0.29, 0.717) is 30.8 Å². The molecular formula is C29H19Br2Cl2N3O4. The first-order valence-corrected chi connectivity index (χ1v) is 13.9. The number of benzene rings is 4. The van der Waals surface area contributed by atoms with Gasteiger partial charge in [0.05, 0.1) is 21.3 Å². The topological polar surface area (TPSA) is 96.9 Å². The smallest absolute Gasteiger partial charge is 0.345 e. The fourth-order valence-electron chi connectivity index (χ4n) is 3.54. The van der Waals surface area contributed by atoms with Gasteiger partial charge in [-0.05, 0) is 83.5 Å². The molecule has 0 heterocycles. The molecule has 0 radical (unpaired) electrons. The van der Waals surface area contributed by atoms with Crippen molar-refractivity contribution in [3.63, 3.8) is 0 Å². The third kappa shape index (κ3) is 7.57. The number of aryl methyl sites for hydroxylation is 1. The van der Waals surface area contributed by atoms with E-state index in [1.54, 1.807) is 48.5 Å². The number of ether oxygens (including phenoxy) is 1. The van der Waals surface area contributed by atoms with Crippen LogP contribution < -0.4 is 15.5 Å². The van der Waals surface area contributed by atoms with Crippen molar-refractivity contribution >= 4 is 84.7 Å². The van der Waals surface area contributed by atoms with Crippen LogP contribution in [0, 0.1) is 6.92 Å².